The Morgan fingerprint density at radius 1 is 1.65 bits per heavy atom. The number of methoxy groups -OCH3 is 1. The van der Waals surface area contributed by atoms with E-state index in [-0.39, 0.29) is 17.3 Å². The van der Waals surface area contributed by atoms with Gasteiger partial charge in [0.25, 0.3) is 5.56 Å². The van der Waals surface area contributed by atoms with Crippen LogP contribution in [0.4, 0.5) is 0 Å². The molecule has 92 valence electrons. The van der Waals surface area contributed by atoms with Crippen molar-refractivity contribution in [1.29, 1.82) is 0 Å². The Labute approximate surface area is 107 Å². The lowest BCUT2D eigenvalue weighted by Crippen LogP contribution is -2.22. The number of hydrogen-bond acceptors (Lipinski definition) is 6. The fourth-order valence-corrected chi connectivity index (χ4v) is 3.37. The fraction of sp³-hybridized carbons (Fsp3) is 0.500. The van der Waals surface area contributed by atoms with E-state index in [1.54, 1.807) is 18.8 Å². The van der Waals surface area contributed by atoms with Gasteiger partial charge in [0.15, 0.2) is 5.16 Å². The molecule has 1 aliphatic heterocycles. The summed E-state index contributed by atoms with van der Waals surface area (Å²) in [5, 5.41) is 0.571. The molecule has 0 fully saturated rings. The van der Waals surface area contributed by atoms with Crippen LogP contribution in [0.2, 0.25) is 0 Å². The lowest BCUT2D eigenvalue weighted by molar-refractivity contribution is -0.137. The largest absolute Gasteiger partial charge is 0.468 e. The summed E-state index contributed by atoms with van der Waals surface area (Å²) in [5.41, 5.74) is 0.829. The van der Waals surface area contributed by atoms with Gasteiger partial charge in [-0.2, -0.15) is 0 Å². The second-order valence-electron chi connectivity index (χ2n) is 3.50. The van der Waals surface area contributed by atoms with Crippen molar-refractivity contribution in [3.05, 3.63) is 16.0 Å². The molecule has 1 aromatic rings. The van der Waals surface area contributed by atoms with E-state index in [2.05, 4.69) is 9.72 Å². The van der Waals surface area contributed by atoms with Crippen molar-refractivity contribution in [2.45, 2.75) is 16.5 Å². The zero-order chi connectivity index (χ0) is 12.4. The van der Waals surface area contributed by atoms with Gasteiger partial charge in [-0.3, -0.25) is 14.2 Å². The van der Waals surface area contributed by atoms with E-state index < -0.39 is 0 Å². The van der Waals surface area contributed by atoms with Gasteiger partial charge < -0.3 is 4.74 Å². The van der Waals surface area contributed by atoms with Crippen LogP contribution in [-0.4, -0.2) is 34.1 Å². The molecule has 0 spiro atoms. The summed E-state index contributed by atoms with van der Waals surface area (Å²) in [7, 11) is 3.02. The minimum Gasteiger partial charge on any atom is -0.468 e. The maximum atomic E-state index is 12.0. The zero-order valence-electron chi connectivity index (χ0n) is 9.56. The molecule has 1 aliphatic rings. The van der Waals surface area contributed by atoms with Crippen LogP contribution in [0.1, 0.15) is 5.69 Å². The Morgan fingerprint density at radius 2 is 2.41 bits per heavy atom. The zero-order valence-corrected chi connectivity index (χ0v) is 11.2. The summed E-state index contributed by atoms with van der Waals surface area (Å²) in [6.45, 7) is 0. The number of nitrogens with zero attached hydrogens (tertiary/aromatic N) is 2. The quantitative estimate of drug-likeness (QED) is 0.458. The molecule has 2 heterocycles. The van der Waals surface area contributed by atoms with Crippen molar-refractivity contribution >= 4 is 29.5 Å². The Balaban J connectivity index is 2.27. The van der Waals surface area contributed by atoms with E-state index in [0.29, 0.717) is 5.16 Å². The number of ether oxygens (including phenoxy) is 1. The van der Waals surface area contributed by atoms with E-state index in [1.807, 2.05) is 0 Å². The Bertz CT molecular complexity index is 513. The van der Waals surface area contributed by atoms with Gasteiger partial charge in [-0.25, -0.2) is 4.98 Å². The van der Waals surface area contributed by atoms with Gasteiger partial charge in [0, 0.05) is 19.2 Å². The Morgan fingerprint density at radius 3 is 3.12 bits per heavy atom. The lowest BCUT2D eigenvalue weighted by atomic mass is 10.3. The molecule has 2 rings (SSSR count). The van der Waals surface area contributed by atoms with E-state index in [1.165, 1.54) is 23.4 Å². The normalized spacial score (nSPS) is 13.5. The van der Waals surface area contributed by atoms with E-state index in [9.17, 15) is 9.59 Å². The first-order valence-electron chi connectivity index (χ1n) is 5.05. The molecule has 0 radical (unpaired) electrons. The number of fused-ring (bicyclic) bond motifs is 1. The van der Waals surface area contributed by atoms with Crippen molar-refractivity contribution in [1.82, 2.24) is 9.55 Å². The number of aryl methyl sites for hydroxylation is 1. The monoisotopic (exact) mass is 272 g/mol. The van der Waals surface area contributed by atoms with Crippen LogP contribution in [0.15, 0.2) is 14.8 Å². The summed E-state index contributed by atoms with van der Waals surface area (Å²) >= 11 is 2.78. The van der Waals surface area contributed by atoms with Crippen LogP contribution in [0, 0.1) is 0 Å². The van der Waals surface area contributed by atoms with Gasteiger partial charge in [-0.1, -0.05) is 11.8 Å². The van der Waals surface area contributed by atoms with Crippen molar-refractivity contribution < 1.29 is 9.53 Å². The highest BCUT2D eigenvalue weighted by atomic mass is 32.2. The molecule has 0 aromatic carbocycles. The fourth-order valence-electron chi connectivity index (χ4n) is 1.48. The van der Waals surface area contributed by atoms with Crippen molar-refractivity contribution in [3.63, 3.8) is 0 Å². The minimum atomic E-state index is -0.320. The van der Waals surface area contributed by atoms with Gasteiger partial charge in [0.2, 0.25) is 0 Å². The highest BCUT2D eigenvalue weighted by Gasteiger charge is 2.20. The number of esters is 1. The molecule has 0 saturated heterocycles. The number of hydrogen-bond donors (Lipinski definition) is 0. The highest BCUT2D eigenvalue weighted by Crippen LogP contribution is 2.28. The molecule has 0 bridgehead atoms. The molecule has 1 aromatic heterocycles. The van der Waals surface area contributed by atoms with Crippen molar-refractivity contribution in [2.24, 2.45) is 7.05 Å². The van der Waals surface area contributed by atoms with Crippen LogP contribution in [-0.2, 0) is 23.0 Å². The topological polar surface area (TPSA) is 61.2 Å². The smallest absolute Gasteiger partial charge is 0.316 e. The van der Waals surface area contributed by atoms with Gasteiger partial charge >= 0.3 is 5.97 Å². The molecular formula is C10H12N2O3S2. The molecular weight excluding hydrogens is 260 g/mol. The molecule has 0 atom stereocenters. The number of carbonyl (C=O) groups excluding carboxylic acids is 1. The third-order valence-electron chi connectivity index (χ3n) is 2.41. The molecule has 0 saturated carbocycles. The first-order valence-corrected chi connectivity index (χ1v) is 7.03. The first-order chi connectivity index (χ1) is 8.13. The number of rotatable bonds is 3. The minimum absolute atomic E-state index is 0.0233. The maximum Gasteiger partial charge on any atom is 0.316 e. The third kappa shape index (κ3) is 2.50. The second kappa shape index (κ2) is 5.14. The Kier molecular flexibility index (Phi) is 3.78. The Hall–Kier alpha value is -0.950. The maximum absolute atomic E-state index is 12.0. The van der Waals surface area contributed by atoms with Gasteiger partial charge in [0.1, 0.15) is 0 Å². The van der Waals surface area contributed by atoms with E-state index >= 15 is 0 Å². The first kappa shape index (κ1) is 12.5. The molecule has 0 aliphatic carbocycles. The van der Waals surface area contributed by atoms with Gasteiger partial charge in [-0.05, 0) is 0 Å². The molecule has 17 heavy (non-hydrogen) atoms. The summed E-state index contributed by atoms with van der Waals surface area (Å²) in [6.07, 6.45) is 0.821. The predicted octanol–water partition coefficient (Wildman–Crippen LogP) is 0.694. The van der Waals surface area contributed by atoms with Crippen LogP contribution in [0.5, 0.6) is 0 Å². The summed E-state index contributed by atoms with van der Waals surface area (Å²) in [5.74, 6) is 0.755. The third-order valence-corrected chi connectivity index (χ3v) is 4.52. The van der Waals surface area contributed by atoms with E-state index in [4.69, 9.17) is 0 Å². The summed E-state index contributed by atoms with van der Waals surface area (Å²) in [4.78, 5) is 28.2. The van der Waals surface area contributed by atoms with Crippen LogP contribution >= 0.6 is 23.5 Å². The average Bonchev–Trinajstić information content (AvgIpc) is 2.79. The SMILES string of the molecule is COC(=O)CSc1nc2c(c(=O)n1C)SCC2. The van der Waals surface area contributed by atoms with Crippen LogP contribution in [0.25, 0.3) is 0 Å². The van der Waals surface area contributed by atoms with E-state index in [0.717, 1.165) is 22.8 Å². The molecule has 5 nitrogen and oxygen atoms in total. The van der Waals surface area contributed by atoms with Crippen molar-refractivity contribution in [2.75, 3.05) is 18.6 Å². The van der Waals surface area contributed by atoms with Crippen molar-refractivity contribution in [3.8, 4) is 0 Å². The number of carbonyl (C=O) groups is 1. The summed E-state index contributed by atoms with van der Waals surface area (Å²) < 4.78 is 6.05. The average molecular weight is 272 g/mol. The lowest BCUT2D eigenvalue weighted by Gasteiger charge is -2.08. The number of aromatic nitrogens is 2. The highest BCUT2D eigenvalue weighted by molar-refractivity contribution is 8.00. The summed E-state index contributed by atoms with van der Waals surface area (Å²) in [6, 6.07) is 0. The molecule has 0 amide bonds. The van der Waals surface area contributed by atoms with Crippen LogP contribution in [0.3, 0.4) is 0 Å². The van der Waals surface area contributed by atoms with Gasteiger partial charge in [-0.15, -0.1) is 11.8 Å². The molecule has 0 N–H and O–H groups in total. The predicted molar refractivity (Wildman–Crippen MR) is 66.6 cm³/mol. The number of thioether (sulfide) groups is 2. The second-order valence-corrected chi connectivity index (χ2v) is 5.55. The molecule has 7 heteroatoms. The molecule has 0 unspecified atom stereocenters. The van der Waals surface area contributed by atoms with Gasteiger partial charge in [0.05, 0.1) is 23.5 Å². The standard InChI is InChI=1S/C10H12N2O3S2/c1-12-9(14)8-6(3-4-16-8)11-10(12)17-5-7(13)15-2/h3-5H2,1-2H3. The van der Waals surface area contributed by atoms with Crippen LogP contribution < -0.4 is 5.56 Å².